The zero-order chi connectivity index (χ0) is 19.8. The van der Waals surface area contributed by atoms with E-state index in [4.69, 9.17) is 10.00 Å². The summed E-state index contributed by atoms with van der Waals surface area (Å²) in [7, 11) is 1.56. The van der Waals surface area contributed by atoms with Gasteiger partial charge >= 0.3 is 0 Å². The quantitative estimate of drug-likeness (QED) is 0.788. The summed E-state index contributed by atoms with van der Waals surface area (Å²) in [5, 5.41) is 14.3. The van der Waals surface area contributed by atoms with Crippen LogP contribution in [0.25, 0.3) is 0 Å². The highest BCUT2D eigenvalue weighted by molar-refractivity contribution is 6.01. The Morgan fingerprint density at radius 2 is 1.70 bits per heavy atom. The standard InChI is InChI=1S/C21H23N3O3/c1-14(2)19(24-20(25)16-6-10-18(27-3)11-7-16)21(26)23-17-8-4-15(5-9-17)12-13-22/h4-11,14,19H,12H2,1-3H3,(H,23,26)(H,24,25). The van der Waals surface area contributed by atoms with E-state index in [2.05, 4.69) is 16.7 Å². The van der Waals surface area contributed by atoms with Crippen LogP contribution in [0.4, 0.5) is 5.69 Å². The lowest BCUT2D eigenvalue weighted by molar-refractivity contribution is -0.118. The fraction of sp³-hybridized carbons (Fsp3) is 0.286. The number of methoxy groups -OCH3 is 1. The van der Waals surface area contributed by atoms with Gasteiger partial charge in [-0.2, -0.15) is 5.26 Å². The van der Waals surface area contributed by atoms with E-state index < -0.39 is 6.04 Å². The molecule has 2 amide bonds. The molecule has 6 nitrogen and oxygen atoms in total. The number of nitrogens with one attached hydrogen (secondary N) is 2. The van der Waals surface area contributed by atoms with Crippen molar-refractivity contribution in [2.45, 2.75) is 26.3 Å². The van der Waals surface area contributed by atoms with Gasteiger partial charge in [0.1, 0.15) is 11.8 Å². The number of nitriles is 1. The van der Waals surface area contributed by atoms with E-state index in [1.807, 2.05) is 13.8 Å². The van der Waals surface area contributed by atoms with Gasteiger partial charge in [0.2, 0.25) is 5.91 Å². The van der Waals surface area contributed by atoms with Gasteiger partial charge in [0, 0.05) is 11.3 Å². The van der Waals surface area contributed by atoms with Gasteiger partial charge in [-0.3, -0.25) is 9.59 Å². The third-order valence-electron chi connectivity index (χ3n) is 4.09. The van der Waals surface area contributed by atoms with E-state index in [1.165, 1.54) is 0 Å². The highest BCUT2D eigenvalue weighted by Crippen LogP contribution is 2.14. The molecule has 140 valence electrons. The number of hydrogen-bond acceptors (Lipinski definition) is 4. The lowest BCUT2D eigenvalue weighted by Gasteiger charge is -2.22. The van der Waals surface area contributed by atoms with Crippen molar-refractivity contribution in [3.63, 3.8) is 0 Å². The molecule has 2 rings (SSSR count). The number of benzene rings is 2. The van der Waals surface area contributed by atoms with Crippen LogP contribution in [-0.4, -0.2) is 25.0 Å². The minimum atomic E-state index is -0.682. The van der Waals surface area contributed by atoms with E-state index >= 15 is 0 Å². The zero-order valence-corrected chi connectivity index (χ0v) is 15.7. The highest BCUT2D eigenvalue weighted by Gasteiger charge is 2.24. The fourth-order valence-electron chi connectivity index (χ4n) is 2.52. The number of ether oxygens (including phenoxy) is 1. The van der Waals surface area contributed by atoms with E-state index in [0.717, 1.165) is 5.56 Å². The smallest absolute Gasteiger partial charge is 0.251 e. The van der Waals surface area contributed by atoms with E-state index in [9.17, 15) is 9.59 Å². The molecule has 0 bridgehead atoms. The molecule has 6 heteroatoms. The molecular formula is C21H23N3O3. The number of carbonyl (C=O) groups excluding carboxylic acids is 2. The Balaban J connectivity index is 2.05. The second kappa shape index (κ2) is 9.39. The van der Waals surface area contributed by atoms with Crippen LogP contribution in [0.2, 0.25) is 0 Å². The summed E-state index contributed by atoms with van der Waals surface area (Å²) in [6.07, 6.45) is 0.320. The van der Waals surface area contributed by atoms with Crippen molar-refractivity contribution in [1.82, 2.24) is 5.32 Å². The van der Waals surface area contributed by atoms with Gasteiger partial charge in [-0.05, 0) is 47.9 Å². The first-order valence-corrected chi connectivity index (χ1v) is 8.66. The molecule has 0 aromatic heterocycles. The third kappa shape index (κ3) is 5.58. The van der Waals surface area contributed by atoms with Crippen LogP contribution >= 0.6 is 0 Å². The Hall–Kier alpha value is -3.33. The van der Waals surface area contributed by atoms with E-state index in [1.54, 1.807) is 55.6 Å². The first-order chi connectivity index (χ1) is 12.9. The highest BCUT2D eigenvalue weighted by atomic mass is 16.5. The monoisotopic (exact) mass is 365 g/mol. The van der Waals surface area contributed by atoms with Crippen molar-refractivity contribution >= 4 is 17.5 Å². The molecule has 0 radical (unpaired) electrons. The molecule has 0 fully saturated rings. The lowest BCUT2D eigenvalue weighted by Crippen LogP contribution is -2.47. The van der Waals surface area contributed by atoms with Crippen LogP contribution in [0.1, 0.15) is 29.8 Å². The van der Waals surface area contributed by atoms with Crippen molar-refractivity contribution in [1.29, 1.82) is 5.26 Å². The molecule has 2 N–H and O–H groups in total. The molecule has 0 aliphatic carbocycles. The van der Waals surface area contributed by atoms with Gasteiger partial charge in [-0.15, -0.1) is 0 Å². The van der Waals surface area contributed by atoms with Crippen LogP contribution < -0.4 is 15.4 Å². The van der Waals surface area contributed by atoms with Gasteiger partial charge in [0.25, 0.3) is 5.91 Å². The van der Waals surface area contributed by atoms with Crippen molar-refractivity contribution in [2.24, 2.45) is 5.92 Å². The minimum Gasteiger partial charge on any atom is -0.497 e. The number of rotatable bonds is 7. The van der Waals surface area contributed by atoms with Crippen LogP contribution in [0.15, 0.2) is 48.5 Å². The molecule has 1 unspecified atom stereocenters. The second-order valence-corrected chi connectivity index (χ2v) is 6.44. The largest absolute Gasteiger partial charge is 0.497 e. The molecule has 0 aliphatic heterocycles. The topological polar surface area (TPSA) is 91.2 Å². The number of anilines is 1. The molecule has 0 aliphatic rings. The van der Waals surface area contributed by atoms with Gasteiger partial charge in [-0.25, -0.2) is 0 Å². The van der Waals surface area contributed by atoms with Crippen LogP contribution in [0.3, 0.4) is 0 Å². The Bertz CT molecular complexity index is 821. The molecule has 2 aromatic carbocycles. The summed E-state index contributed by atoms with van der Waals surface area (Å²) in [6, 6.07) is 15.2. The first-order valence-electron chi connectivity index (χ1n) is 8.66. The van der Waals surface area contributed by atoms with Crippen LogP contribution in [-0.2, 0) is 11.2 Å². The Morgan fingerprint density at radius 3 is 2.22 bits per heavy atom. The number of carbonyl (C=O) groups is 2. The Morgan fingerprint density at radius 1 is 1.07 bits per heavy atom. The number of nitrogens with zero attached hydrogens (tertiary/aromatic N) is 1. The number of amides is 2. The third-order valence-corrected chi connectivity index (χ3v) is 4.09. The summed E-state index contributed by atoms with van der Waals surface area (Å²) in [5.41, 5.74) is 1.95. The predicted octanol–water partition coefficient (Wildman–Crippen LogP) is 3.15. The van der Waals surface area contributed by atoms with Crippen molar-refractivity contribution in [3.05, 3.63) is 59.7 Å². The molecule has 0 saturated heterocycles. The molecule has 27 heavy (non-hydrogen) atoms. The minimum absolute atomic E-state index is 0.0925. The number of hydrogen-bond donors (Lipinski definition) is 2. The van der Waals surface area contributed by atoms with E-state index in [0.29, 0.717) is 23.4 Å². The second-order valence-electron chi connectivity index (χ2n) is 6.44. The summed E-state index contributed by atoms with van der Waals surface area (Å²) >= 11 is 0. The first kappa shape index (κ1) is 20.0. The average Bonchev–Trinajstić information content (AvgIpc) is 2.67. The maximum absolute atomic E-state index is 12.6. The summed E-state index contributed by atoms with van der Waals surface area (Å²) in [5.74, 6) is -0.0506. The summed E-state index contributed by atoms with van der Waals surface area (Å²) in [6.45, 7) is 3.74. The SMILES string of the molecule is COc1ccc(C(=O)NC(C(=O)Nc2ccc(CC#N)cc2)C(C)C)cc1. The molecule has 0 saturated carbocycles. The van der Waals surface area contributed by atoms with Crippen LogP contribution in [0.5, 0.6) is 5.75 Å². The fourth-order valence-corrected chi connectivity index (χ4v) is 2.52. The molecule has 2 aromatic rings. The van der Waals surface area contributed by atoms with Gasteiger partial charge in [-0.1, -0.05) is 26.0 Å². The van der Waals surface area contributed by atoms with Gasteiger partial charge in [0.15, 0.2) is 0 Å². The van der Waals surface area contributed by atoms with Crippen LogP contribution in [0, 0.1) is 17.2 Å². The van der Waals surface area contributed by atoms with Crippen molar-refractivity contribution < 1.29 is 14.3 Å². The van der Waals surface area contributed by atoms with Gasteiger partial charge in [0.05, 0.1) is 19.6 Å². The summed E-state index contributed by atoms with van der Waals surface area (Å²) < 4.78 is 5.08. The molecule has 1 atom stereocenters. The zero-order valence-electron chi connectivity index (χ0n) is 15.7. The van der Waals surface area contributed by atoms with Gasteiger partial charge < -0.3 is 15.4 Å². The average molecular weight is 365 g/mol. The normalized spacial score (nSPS) is 11.4. The molecular weight excluding hydrogens is 342 g/mol. The van der Waals surface area contributed by atoms with E-state index in [-0.39, 0.29) is 17.7 Å². The lowest BCUT2D eigenvalue weighted by atomic mass is 10.0. The van der Waals surface area contributed by atoms with Crippen molar-refractivity contribution in [2.75, 3.05) is 12.4 Å². The maximum atomic E-state index is 12.6. The molecule has 0 spiro atoms. The predicted molar refractivity (Wildman–Crippen MR) is 103 cm³/mol. The maximum Gasteiger partial charge on any atom is 0.251 e. The summed E-state index contributed by atoms with van der Waals surface area (Å²) in [4.78, 5) is 25.1. The Labute approximate surface area is 159 Å². The Kier molecular flexibility index (Phi) is 6.95. The van der Waals surface area contributed by atoms with Crippen molar-refractivity contribution in [3.8, 4) is 11.8 Å². The molecule has 0 heterocycles.